The first-order chi connectivity index (χ1) is 25.8. The Balaban J connectivity index is 1.51. The Morgan fingerprint density at radius 1 is 0.648 bits per heavy atom. The van der Waals surface area contributed by atoms with Gasteiger partial charge < -0.3 is 29.6 Å². The number of benzene rings is 3. The molecule has 0 saturated carbocycles. The fourth-order valence-electron chi connectivity index (χ4n) is 5.48. The van der Waals surface area contributed by atoms with Gasteiger partial charge in [0.25, 0.3) is 20.2 Å². The van der Waals surface area contributed by atoms with Gasteiger partial charge in [-0.2, -0.15) is 36.8 Å². The predicted octanol–water partition coefficient (Wildman–Crippen LogP) is 4.64. The van der Waals surface area contributed by atoms with Crippen molar-refractivity contribution in [1.82, 2.24) is 29.9 Å². The number of nitrogens with zero attached hydrogens (tertiary/aromatic N) is 6. The van der Waals surface area contributed by atoms with Crippen LogP contribution in [0.1, 0.15) is 12.0 Å². The zero-order valence-electron chi connectivity index (χ0n) is 28.4. The first-order valence-electron chi connectivity index (χ1n) is 15.8. The fraction of sp³-hybridized carbons (Fsp3) is 0.176. The van der Waals surface area contributed by atoms with Crippen LogP contribution in [0.25, 0.3) is 6.08 Å². The number of hydrogen-bond donors (Lipinski definition) is 4. The summed E-state index contributed by atoms with van der Waals surface area (Å²) >= 11 is 0. The summed E-state index contributed by atoms with van der Waals surface area (Å²) < 4.78 is 93.9. The highest BCUT2D eigenvalue weighted by Crippen LogP contribution is 2.46. The van der Waals surface area contributed by atoms with Gasteiger partial charge in [-0.15, -0.1) is 9.97 Å². The molecule has 0 radical (unpaired) electrons. The number of nitrogens with one attached hydrogen (secondary N) is 2. The van der Waals surface area contributed by atoms with Crippen molar-refractivity contribution in [1.29, 1.82) is 0 Å². The van der Waals surface area contributed by atoms with E-state index in [0.29, 0.717) is 17.1 Å². The normalized spacial score (nSPS) is 16.3. The predicted molar refractivity (Wildman–Crippen MR) is 194 cm³/mol. The summed E-state index contributed by atoms with van der Waals surface area (Å²) in [5, 5.41) is 5.73. The average molecular weight is 777 g/mol. The molecule has 280 valence electrons. The Kier molecular flexibility index (Phi) is 10.7. The number of aromatic nitrogens is 6. The second-order valence-electron chi connectivity index (χ2n) is 11.5. The summed E-state index contributed by atoms with van der Waals surface area (Å²) in [7, 11) is -8.86. The standard InChI is InChI=1S/C34H32N8O10S2/c1-49-29-35-27(37-31(39-29)51-25-14-8-4-9-15-25)41-33(42-28-36-30(50-2)40-32(38-28)52-26-16-10-5-11-17-26)21-20-24(19-18-23-12-6-3-7-13-23)34(22-33,53(43,44)45)54(46,47)48/h3-21,24H,22H2,1-2H3,(H,43,44,45)(H,46,47,48)(H,35,37,39,41)(H,36,38,40,42). The van der Waals surface area contributed by atoms with Crippen molar-refractivity contribution in [3.8, 4) is 35.5 Å². The summed E-state index contributed by atoms with van der Waals surface area (Å²) in [4.78, 5) is 25.2. The molecule has 54 heavy (non-hydrogen) atoms. The van der Waals surface area contributed by atoms with Gasteiger partial charge in [0.2, 0.25) is 16.0 Å². The summed E-state index contributed by atoms with van der Waals surface area (Å²) in [6.45, 7) is 0. The van der Waals surface area contributed by atoms with E-state index in [-0.39, 0.29) is 35.9 Å². The van der Waals surface area contributed by atoms with Crippen LogP contribution in [0.15, 0.2) is 109 Å². The minimum absolute atomic E-state index is 0.256. The van der Waals surface area contributed by atoms with Crippen molar-refractivity contribution in [3.63, 3.8) is 0 Å². The number of allylic oxidation sites excluding steroid dienone is 2. The molecule has 0 bridgehead atoms. The maximum Gasteiger partial charge on any atom is 0.330 e. The molecule has 3 aromatic carbocycles. The maximum absolute atomic E-state index is 13.4. The smallest absolute Gasteiger partial charge is 0.330 e. The molecular weight excluding hydrogens is 745 g/mol. The lowest BCUT2D eigenvalue weighted by Gasteiger charge is -2.44. The van der Waals surface area contributed by atoms with Gasteiger partial charge in [-0.05, 0) is 35.9 Å². The van der Waals surface area contributed by atoms with Gasteiger partial charge >= 0.3 is 24.0 Å². The molecule has 18 nitrogen and oxygen atoms in total. The maximum atomic E-state index is 13.4. The molecule has 0 aliphatic heterocycles. The van der Waals surface area contributed by atoms with Gasteiger partial charge in [-0.25, -0.2) is 0 Å². The third-order valence-electron chi connectivity index (χ3n) is 7.92. The van der Waals surface area contributed by atoms with Crippen LogP contribution in [0.3, 0.4) is 0 Å². The molecule has 1 unspecified atom stereocenters. The highest BCUT2D eigenvalue weighted by molar-refractivity contribution is 8.05. The minimum atomic E-state index is -5.70. The van der Waals surface area contributed by atoms with Gasteiger partial charge in [0, 0.05) is 12.3 Å². The van der Waals surface area contributed by atoms with Crippen molar-refractivity contribution in [2.45, 2.75) is 16.2 Å². The third-order valence-corrected chi connectivity index (χ3v) is 11.8. The van der Waals surface area contributed by atoms with E-state index in [9.17, 15) is 25.9 Å². The molecule has 1 atom stereocenters. The monoisotopic (exact) mass is 776 g/mol. The molecule has 0 saturated heterocycles. The second kappa shape index (κ2) is 15.4. The van der Waals surface area contributed by atoms with Gasteiger partial charge in [-0.1, -0.05) is 85.0 Å². The largest absolute Gasteiger partial charge is 0.467 e. The molecule has 0 amide bonds. The number of rotatable bonds is 14. The Bertz CT molecular complexity index is 2250. The molecule has 4 N–H and O–H groups in total. The van der Waals surface area contributed by atoms with Crippen LogP contribution in [0.2, 0.25) is 0 Å². The molecule has 0 fully saturated rings. The second-order valence-corrected chi connectivity index (χ2v) is 15.1. The summed E-state index contributed by atoms with van der Waals surface area (Å²) in [6, 6.07) is 24.4. The highest BCUT2D eigenvalue weighted by Gasteiger charge is 2.64. The van der Waals surface area contributed by atoms with Gasteiger partial charge in [0.1, 0.15) is 17.2 Å². The minimum Gasteiger partial charge on any atom is -0.467 e. The number of para-hydroxylation sites is 2. The molecule has 0 spiro atoms. The molecule has 6 rings (SSSR count). The quantitative estimate of drug-likeness (QED) is 0.0681. The summed E-state index contributed by atoms with van der Waals surface area (Å²) in [6.07, 6.45) is 4.02. The molecule has 2 heterocycles. The summed E-state index contributed by atoms with van der Waals surface area (Å²) in [5.41, 5.74) is -1.60. The van der Waals surface area contributed by atoms with Crippen molar-refractivity contribution < 1.29 is 44.9 Å². The van der Waals surface area contributed by atoms with Crippen molar-refractivity contribution >= 4 is 38.2 Å². The van der Waals surface area contributed by atoms with E-state index in [0.717, 1.165) is 6.08 Å². The molecular formula is C34H32N8O10S2. The Morgan fingerprint density at radius 3 is 1.50 bits per heavy atom. The van der Waals surface area contributed by atoms with Crippen molar-refractivity contribution in [2.24, 2.45) is 5.92 Å². The number of methoxy groups -OCH3 is 2. The van der Waals surface area contributed by atoms with Gasteiger partial charge in [0.15, 0.2) is 0 Å². The van der Waals surface area contributed by atoms with Crippen LogP contribution in [0, 0.1) is 5.92 Å². The van der Waals surface area contributed by atoms with E-state index in [1.165, 1.54) is 32.4 Å². The molecule has 5 aromatic rings. The van der Waals surface area contributed by atoms with Crippen LogP contribution in [0.5, 0.6) is 35.5 Å². The molecule has 2 aromatic heterocycles. The number of hydrogen-bond acceptors (Lipinski definition) is 16. The first-order valence-corrected chi connectivity index (χ1v) is 18.7. The lowest BCUT2D eigenvalue weighted by molar-refractivity contribution is 0.349. The van der Waals surface area contributed by atoms with Gasteiger partial charge in [-0.3, -0.25) is 9.11 Å². The van der Waals surface area contributed by atoms with E-state index >= 15 is 0 Å². The van der Waals surface area contributed by atoms with E-state index < -0.39 is 42.3 Å². The topological polar surface area (TPSA) is 247 Å². The SMILES string of the molecule is COc1nc(NC2(Nc3nc(OC)nc(Oc4ccccc4)n3)C=CC(C=Cc3ccccc3)C(S(=O)(=O)O)(S(=O)(=O)O)C2)nc(Oc2ccccc2)n1. The van der Waals surface area contributed by atoms with E-state index in [1.807, 2.05) is 0 Å². The van der Waals surface area contributed by atoms with Crippen molar-refractivity contribution in [2.75, 3.05) is 24.9 Å². The van der Waals surface area contributed by atoms with E-state index in [4.69, 9.17) is 18.9 Å². The number of ether oxygens (including phenoxy) is 4. The zero-order valence-corrected chi connectivity index (χ0v) is 30.0. The van der Waals surface area contributed by atoms with E-state index in [2.05, 4.69) is 40.5 Å². The van der Waals surface area contributed by atoms with Crippen LogP contribution in [-0.4, -0.2) is 79.8 Å². The van der Waals surface area contributed by atoms with Gasteiger partial charge in [0.05, 0.1) is 14.2 Å². The number of anilines is 2. The van der Waals surface area contributed by atoms with Crippen LogP contribution < -0.4 is 29.6 Å². The van der Waals surface area contributed by atoms with E-state index in [1.54, 1.807) is 91.0 Å². The average Bonchev–Trinajstić information content (AvgIpc) is 3.14. The lowest BCUT2D eigenvalue weighted by atomic mass is 9.86. The highest BCUT2D eigenvalue weighted by atomic mass is 32.3. The molecule has 1 aliphatic carbocycles. The summed E-state index contributed by atoms with van der Waals surface area (Å²) in [5.74, 6) is -1.66. The fourth-order valence-corrected chi connectivity index (χ4v) is 8.37. The Hall–Kier alpha value is -6.22. The zero-order chi connectivity index (χ0) is 38.4. The van der Waals surface area contributed by atoms with Crippen LogP contribution in [0.4, 0.5) is 11.9 Å². The third kappa shape index (κ3) is 8.36. The van der Waals surface area contributed by atoms with Crippen LogP contribution in [-0.2, 0) is 20.2 Å². The Morgan fingerprint density at radius 2 is 1.07 bits per heavy atom. The van der Waals surface area contributed by atoms with Crippen LogP contribution >= 0.6 is 0 Å². The lowest BCUT2D eigenvalue weighted by Crippen LogP contribution is -2.62. The first kappa shape index (κ1) is 37.5. The Labute approximate surface area is 309 Å². The van der Waals surface area contributed by atoms with Crippen molar-refractivity contribution in [3.05, 3.63) is 115 Å². The molecule has 1 aliphatic rings. The molecule has 20 heteroatoms.